The van der Waals surface area contributed by atoms with Gasteiger partial charge in [-0.1, -0.05) is 20.8 Å². The molecule has 3 heterocycles. The molecule has 2 saturated carbocycles. The lowest BCUT2D eigenvalue weighted by molar-refractivity contribution is -0.252. The highest BCUT2D eigenvalue weighted by Gasteiger charge is 2.98. The van der Waals surface area contributed by atoms with Crippen molar-refractivity contribution in [3.63, 3.8) is 0 Å². The van der Waals surface area contributed by atoms with E-state index < -0.39 is 81.8 Å². The molecule has 0 aromatic carbocycles. The van der Waals surface area contributed by atoms with Crippen LogP contribution < -0.4 is 0 Å². The molecule has 166 valence electrons. The molecule has 0 aromatic heterocycles. The van der Waals surface area contributed by atoms with E-state index in [-0.39, 0.29) is 12.8 Å². The summed E-state index contributed by atoms with van der Waals surface area (Å²) in [6, 6.07) is 0. The Bertz CT molecular complexity index is 879. The number of carbonyl (C=O) groups excluding carboxylic acids is 2. The largest absolute Gasteiger partial charge is 0.479 e. The second kappa shape index (κ2) is 5.17. The number of aliphatic carboxylic acids is 1. The summed E-state index contributed by atoms with van der Waals surface area (Å²) in [4.78, 5) is 37.6. The van der Waals surface area contributed by atoms with Gasteiger partial charge in [-0.25, -0.2) is 9.59 Å². The molecule has 0 amide bonds. The first-order valence-electron chi connectivity index (χ1n) is 10.1. The lowest BCUT2D eigenvalue weighted by atomic mass is 9.51. The number of carboxylic acids is 1. The molecule has 0 unspecified atom stereocenters. The summed E-state index contributed by atoms with van der Waals surface area (Å²) in [5.74, 6) is -5.17. The van der Waals surface area contributed by atoms with Gasteiger partial charge in [0.15, 0.2) is 11.7 Å². The van der Waals surface area contributed by atoms with E-state index in [2.05, 4.69) is 0 Å². The van der Waals surface area contributed by atoms with E-state index in [4.69, 9.17) is 14.2 Å². The fourth-order valence-corrected chi connectivity index (χ4v) is 7.75. The Morgan fingerprint density at radius 1 is 1.13 bits per heavy atom. The van der Waals surface area contributed by atoms with Crippen LogP contribution in [-0.2, 0) is 28.6 Å². The van der Waals surface area contributed by atoms with E-state index in [1.165, 1.54) is 6.92 Å². The highest BCUT2D eigenvalue weighted by molar-refractivity contribution is 5.90. The summed E-state index contributed by atoms with van der Waals surface area (Å²) in [6.07, 6.45) is -6.09. The summed E-state index contributed by atoms with van der Waals surface area (Å²) in [7, 11) is 0. The number of hydrogen-bond acceptors (Lipinski definition) is 9. The van der Waals surface area contributed by atoms with E-state index in [9.17, 15) is 34.8 Å². The van der Waals surface area contributed by atoms with Crippen LogP contribution in [-0.4, -0.2) is 74.1 Å². The van der Waals surface area contributed by atoms with Gasteiger partial charge in [-0.3, -0.25) is 4.79 Å². The number of ether oxygens (including phenoxy) is 3. The third kappa shape index (κ3) is 1.57. The van der Waals surface area contributed by atoms with Gasteiger partial charge in [-0.15, -0.1) is 0 Å². The molecule has 0 aromatic rings. The Labute approximate surface area is 172 Å². The molecule has 5 rings (SSSR count). The molecule has 2 spiro atoms. The minimum atomic E-state index is -2.51. The monoisotopic (exact) mass is 426 g/mol. The number of fused-ring (bicyclic) bond motifs is 2. The number of aliphatic hydroxyl groups is 3. The van der Waals surface area contributed by atoms with Crippen LogP contribution in [0.4, 0.5) is 0 Å². The average Bonchev–Trinajstić information content (AvgIpc) is 3.27. The third-order valence-electron chi connectivity index (χ3n) is 8.76. The van der Waals surface area contributed by atoms with Gasteiger partial charge in [-0.2, -0.15) is 0 Å². The molecule has 10 heteroatoms. The lowest BCUT2D eigenvalue weighted by Gasteiger charge is -2.49. The van der Waals surface area contributed by atoms with Crippen molar-refractivity contribution < 1.29 is 49.0 Å². The molecule has 10 nitrogen and oxygen atoms in total. The standard InChI is InChI=1S/C20H26O10/c1-7-12(23)28-10-6-17-9(21)5-8(16(2,3)4)18(17)11(22)13(24)29-15(18)30-20(17,14(25)26)19(7,10)27/h7-11,15,21-22,27H,5-6H2,1-4H3,(H,25,26)/t7-,8+,9-,10+,11+,15+,17-,18+,19-,20-/m1/s1. The number of carbonyl (C=O) groups is 3. The van der Waals surface area contributed by atoms with Gasteiger partial charge in [0.05, 0.1) is 22.9 Å². The zero-order valence-corrected chi connectivity index (χ0v) is 17.1. The van der Waals surface area contributed by atoms with Crippen molar-refractivity contribution in [1.29, 1.82) is 0 Å². The SMILES string of the molecule is C[C@@H]1C(=O)O[C@H]2C[C@@]34[C@H](O)C[C@@H](C(C)(C)C)[C@]35[C@@H](OC(=O)[C@@H]5O)O[C@@]4(C(=O)O)[C@]21O. The fraction of sp³-hybridized carbons (Fsp3) is 0.850. The maximum Gasteiger partial charge on any atom is 0.340 e. The molecule has 3 aliphatic heterocycles. The van der Waals surface area contributed by atoms with Crippen molar-refractivity contribution in [1.82, 2.24) is 0 Å². The van der Waals surface area contributed by atoms with Gasteiger partial charge in [0, 0.05) is 0 Å². The van der Waals surface area contributed by atoms with Crippen molar-refractivity contribution in [2.24, 2.45) is 28.1 Å². The Kier molecular flexibility index (Phi) is 3.48. The van der Waals surface area contributed by atoms with E-state index in [0.29, 0.717) is 0 Å². The maximum atomic E-state index is 12.9. The Hall–Kier alpha value is -1.75. The summed E-state index contributed by atoms with van der Waals surface area (Å²) < 4.78 is 16.6. The topological polar surface area (TPSA) is 160 Å². The second-order valence-corrected chi connectivity index (χ2v) is 10.5. The van der Waals surface area contributed by atoms with Gasteiger partial charge in [0.2, 0.25) is 11.9 Å². The number of esters is 2. The molecule has 3 saturated heterocycles. The number of carboxylic acid groups (broad SMARTS) is 1. The van der Waals surface area contributed by atoms with Crippen LogP contribution in [0.15, 0.2) is 0 Å². The van der Waals surface area contributed by atoms with Crippen molar-refractivity contribution in [3.05, 3.63) is 0 Å². The first kappa shape index (κ1) is 20.2. The van der Waals surface area contributed by atoms with Gasteiger partial charge in [0.25, 0.3) is 0 Å². The smallest absolute Gasteiger partial charge is 0.340 e. The van der Waals surface area contributed by atoms with Crippen LogP contribution in [0.5, 0.6) is 0 Å². The zero-order valence-electron chi connectivity index (χ0n) is 17.1. The molecular formula is C20H26O10. The summed E-state index contributed by atoms with van der Waals surface area (Å²) >= 11 is 0. The number of aliphatic hydroxyl groups excluding tert-OH is 2. The fourth-order valence-electron chi connectivity index (χ4n) is 7.75. The van der Waals surface area contributed by atoms with E-state index >= 15 is 0 Å². The first-order valence-corrected chi connectivity index (χ1v) is 10.1. The summed E-state index contributed by atoms with van der Waals surface area (Å²) in [5, 5.41) is 44.7. The van der Waals surface area contributed by atoms with E-state index in [0.717, 1.165) is 0 Å². The van der Waals surface area contributed by atoms with Crippen LogP contribution in [0.25, 0.3) is 0 Å². The molecule has 10 atom stereocenters. The minimum Gasteiger partial charge on any atom is -0.479 e. The first-order chi connectivity index (χ1) is 13.7. The van der Waals surface area contributed by atoms with Gasteiger partial charge in [-0.05, 0) is 31.1 Å². The Morgan fingerprint density at radius 3 is 2.33 bits per heavy atom. The van der Waals surface area contributed by atoms with Crippen LogP contribution in [0.3, 0.4) is 0 Å². The Morgan fingerprint density at radius 2 is 1.77 bits per heavy atom. The van der Waals surface area contributed by atoms with Gasteiger partial charge >= 0.3 is 17.9 Å². The predicted molar refractivity (Wildman–Crippen MR) is 94.4 cm³/mol. The Balaban J connectivity index is 1.86. The highest BCUT2D eigenvalue weighted by Crippen LogP contribution is 2.82. The zero-order chi connectivity index (χ0) is 22.2. The van der Waals surface area contributed by atoms with E-state index in [1.54, 1.807) is 0 Å². The second-order valence-electron chi connectivity index (χ2n) is 10.5. The maximum absolute atomic E-state index is 12.9. The summed E-state index contributed by atoms with van der Waals surface area (Å²) in [5.41, 5.74) is -8.85. The van der Waals surface area contributed by atoms with Crippen molar-refractivity contribution in [2.45, 2.75) is 76.3 Å². The van der Waals surface area contributed by atoms with Crippen LogP contribution in [0.1, 0.15) is 40.5 Å². The molecular weight excluding hydrogens is 400 g/mol. The minimum absolute atomic E-state index is 0.0667. The highest BCUT2D eigenvalue weighted by atomic mass is 16.7. The molecule has 5 aliphatic rings. The molecule has 30 heavy (non-hydrogen) atoms. The molecule has 4 N–H and O–H groups in total. The molecule has 5 fully saturated rings. The van der Waals surface area contributed by atoms with Gasteiger partial charge in [0.1, 0.15) is 6.10 Å². The van der Waals surface area contributed by atoms with Crippen LogP contribution in [0, 0.1) is 28.1 Å². The van der Waals surface area contributed by atoms with E-state index in [1.807, 2.05) is 20.8 Å². The lowest BCUT2D eigenvalue weighted by Crippen LogP contribution is -2.70. The predicted octanol–water partition coefficient (Wildman–Crippen LogP) is -0.820. The molecule has 0 bridgehead atoms. The van der Waals surface area contributed by atoms with Crippen LogP contribution >= 0.6 is 0 Å². The van der Waals surface area contributed by atoms with Gasteiger partial charge < -0.3 is 34.6 Å². The molecule has 2 aliphatic carbocycles. The quantitative estimate of drug-likeness (QED) is 0.390. The summed E-state index contributed by atoms with van der Waals surface area (Å²) in [6.45, 7) is 6.93. The van der Waals surface area contributed by atoms with Crippen molar-refractivity contribution >= 4 is 17.9 Å². The average molecular weight is 426 g/mol. The third-order valence-corrected chi connectivity index (χ3v) is 8.76. The van der Waals surface area contributed by atoms with Crippen LogP contribution in [0.2, 0.25) is 0 Å². The van der Waals surface area contributed by atoms with Crippen molar-refractivity contribution in [3.8, 4) is 0 Å². The molecule has 0 radical (unpaired) electrons. The number of hydrogen-bond donors (Lipinski definition) is 4. The normalized spacial score (nSPS) is 56.2. The number of rotatable bonds is 1. The van der Waals surface area contributed by atoms with Crippen molar-refractivity contribution in [2.75, 3.05) is 0 Å².